The second kappa shape index (κ2) is 8.38. The van der Waals surface area contributed by atoms with Crippen LogP contribution in [0.1, 0.15) is 22.4 Å². The van der Waals surface area contributed by atoms with Gasteiger partial charge in [0.05, 0.1) is 18.9 Å². The second-order valence-corrected chi connectivity index (χ2v) is 7.76. The zero-order valence-corrected chi connectivity index (χ0v) is 16.4. The van der Waals surface area contributed by atoms with Crippen LogP contribution in [0.25, 0.3) is 0 Å². The van der Waals surface area contributed by atoms with Crippen molar-refractivity contribution in [1.29, 1.82) is 0 Å². The highest BCUT2D eigenvalue weighted by Crippen LogP contribution is 2.29. The van der Waals surface area contributed by atoms with Crippen molar-refractivity contribution in [2.75, 3.05) is 44.8 Å². The molecule has 2 aliphatic rings. The molecule has 0 aliphatic carbocycles. The predicted octanol–water partition coefficient (Wildman–Crippen LogP) is 2.37. The van der Waals surface area contributed by atoms with Gasteiger partial charge in [-0.05, 0) is 49.2 Å². The molecule has 0 spiro atoms. The quantitative estimate of drug-likeness (QED) is 0.880. The number of hydrogen-bond donors (Lipinski definition) is 1. The Morgan fingerprint density at radius 3 is 2.89 bits per heavy atom. The number of ether oxygens (including phenoxy) is 1. The first-order chi connectivity index (χ1) is 13.2. The molecule has 5 heteroatoms. The van der Waals surface area contributed by atoms with E-state index in [-0.39, 0.29) is 0 Å². The van der Waals surface area contributed by atoms with Crippen molar-refractivity contribution >= 4 is 5.69 Å². The number of anilines is 1. The van der Waals surface area contributed by atoms with Crippen LogP contribution in [0.2, 0.25) is 0 Å². The Hall–Kier alpha value is -1.95. The maximum Gasteiger partial charge on any atom is 0.0642 e. The molecule has 144 valence electrons. The molecule has 2 aromatic rings. The number of hydrogen-bond acceptors (Lipinski definition) is 5. The number of likely N-dealkylation sites (N-methyl/N-ethyl adjacent to an activating group) is 1. The molecule has 5 nitrogen and oxygen atoms in total. The molecule has 3 heterocycles. The van der Waals surface area contributed by atoms with Crippen molar-refractivity contribution in [2.24, 2.45) is 0 Å². The van der Waals surface area contributed by atoms with Gasteiger partial charge in [-0.2, -0.15) is 0 Å². The van der Waals surface area contributed by atoms with Gasteiger partial charge >= 0.3 is 0 Å². The summed E-state index contributed by atoms with van der Waals surface area (Å²) in [6.45, 7) is 8.65. The van der Waals surface area contributed by atoms with Crippen molar-refractivity contribution in [3.8, 4) is 0 Å². The van der Waals surface area contributed by atoms with E-state index in [0.29, 0.717) is 6.04 Å². The normalized spacial score (nSPS) is 20.0. The summed E-state index contributed by atoms with van der Waals surface area (Å²) in [6, 6.07) is 11.4. The highest BCUT2D eigenvalue weighted by atomic mass is 16.5. The van der Waals surface area contributed by atoms with E-state index in [0.717, 1.165) is 52.4 Å². The molecule has 2 aliphatic heterocycles. The van der Waals surface area contributed by atoms with Crippen LogP contribution in [-0.4, -0.2) is 55.8 Å². The van der Waals surface area contributed by atoms with Crippen LogP contribution in [-0.2, 0) is 24.2 Å². The summed E-state index contributed by atoms with van der Waals surface area (Å²) in [7, 11) is 2.19. The standard InChI is InChI=1S/C22H30N4O/c1-17-5-4-8-23-21(17)16-25(2)15-19-13-20-18(14-24-19)6-3-7-22(20)26-9-11-27-12-10-26/h3-8,19,24H,9-16H2,1-2H3/t19-/m1/s1. The minimum absolute atomic E-state index is 0.466. The molecular formula is C22H30N4O. The summed E-state index contributed by atoms with van der Waals surface area (Å²) < 4.78 is 5.54. The third-order valence-corrected chi connectivity index (χ3v) is 5.70. The van der Waals surface area contributed by atoms with Crippen molar-refractivity contribution in [2.45, 2.75) is 32.5 Å². The van der Waals surface area contributed by atoms with Gasteiger partial charge in [-0.15, -0.1) is 0 Å². The molecule has 1 aromatic heterocycles. The van der Waals surface area contributed by atoms with Gasteiger partial charge in [0.25, 0.3) is 0 Å². The van der Waals surface area contributed by atoms with E-state index in [1.807, 2.05) is 12.3 Å². The van der Waals surface area contributed by atoms with Crippen molar-refractivity contribution in [1.82, 2.24) is 15.2 Å². The lowest BCUT2D eigenvalue weighted by Gasteiger charge is -2.35. The molecule has 0 saturated carbocycles. The molecule has 1 atom stereocenters. The summed E-state index contributed by atoms with van der Waals surface area (Å²) >= 11 is 0. The maximum absolute atomic E-state index is 5.54. The fourth-order valence-electron chi connectivity index (χ4n) is 4.21. The smallest absolute Gasteiger partial charge is 0.0642 e. The molecule has 1 fully saturated rings. The molecule has 1 N–H and O–H groups in total. The molecule has 4 rings (SSSR count). The van der Waals surface area contributed by atoms with E-state index in [1.165, 1.54) is 28.1 Å². The van der Waals surface area contributed by atoms with Gasteiger partial charge in [0.2, 0.25) is 0 Å². The summed E-state index contributed by atoms with van der Waals surface area (Å²) in [5, 5.41) is 3.73. The Bertz CT molecular complexity index is 773. The van der Waals surface area contributed by atoms with Gasteiger partial charge in [-0.25, -0.2) is 0 Å². The lowest BCUT2D eigenvalue weighted by atomic mass is 9.93. The third kappa shape index (κ3) is 4.32. The lowest BCUT2D eigenvalue weighted by molar-refractivity contribution is 0.122. The van der Waals surface area contributed by atoms with Gasteiger partial charge in [-0.3, -0.25) is 9.88 Å². The van der Waals surface area contributed by atoms with Crippen LogP contribution in [0, 0.1) is 6.92 Å². The number of nitrogens with zero attached hydrogens (tertiary/aromatic N) is 3. The van der Waals surface area contributed by atoms with E-state index < -0.39 is 0 Å². The predicted molar refractivity (Wildman–Crippen MR) is 109 cm³/mol. The topological polar surface area (TPSA) is 40.6 Å². The summed E-state index contributed by atoms with van der Waals surface area (Å²) in [5.41, 5.74) is 6.81. The fourth-order valence-corrected chi connectivity index (χ4v) is 4.21. The Kier molecular flexibility index (Phi) is 5.72. The first-order valence-electron chi connectivity index (χ1n) is 9.96. The molecule has 0 amide bonds. The van der Waals surface area contributed by atoms with Crippen molar-refractivity contribution < 1.29 is 4.74 Å². The number of nitrogens with one attached hydrogen (secondary N) is 1. The monoisotopic (exact) mass is 366 g/mol. The van der Waals surface area contributed by atoms with Crippen LogP contribution >= 0.6 is 0 Å². The van der Waals surface area contributed by atoms with Crippen LogP contribution in [0.15, 0.2) is 36.5 Å². The Morgan fingerprint density at radius 2 is 2.07 bits per heavy atom. The lowest BCUT2D eigenvalue weighted by Crippen LogP contribution is -2.44. The molecule has 0 radical (unpaired) electrons. The van der Waals surface area contributed by atoms with Gasteiger partial charge in [0.1, 0.15) is 0 Å². The number of pyridine rings is 1. The molecule has 0 unspecified atom stereocenters. The van der Waals surface area contributed by atoms with Gasteiger partial charge in [0.15, 0.2) is 0 Å². The van der Waals surface area contributed by atoms with Gasteiger partial charge in [-0.1, -0.05) is 18.2 Å². The number of fused-ring (bicyclic) bond motifs is 1. The first-order valence-corrected chi connectivity index (χ1v) is 9.96. The van der Waals surface area contributed by atoms with E-state index in [9.17, 15) is 0 Å². The summed E-state index contributed by atoms with van der Waals surface area (Å²) in [5.74, 6) is 0. The largest absolute Gasteiger partial charge is 0.378 e. The highest BCUT2D eigenvalue weighted by Gasteiger charge is 2.24. The fraction of sp³-hybridized carbons (Fsp3) is 0.500. The Morgan fingerprint density at radius 1 is 1.22 bits per heavy atom. The maximum atomic E-state index is 5.54. The molecule has 1 aromatic carbocycles. The average Bonchev–Trinajstić information content (AvgIpc) is 2.70. The molecule has 0 bridgehead atoms. The van der Waals surface area contributed by atoms with Crippen molar-refractivity contribution in [3.05, 3.63) is 58.9 Å². The number of morpholine rings is 1. The van der Waals surface area contributed by atoms with Crippen molar-refractivity contribution in [3.63, 3.8) is 0 Å². The average molecular weight is 367 g/mol. The Labute approximate surface area is 162 Å². The summed E-state index contributed by atoms with van der Waals surface area (Å²) in [4.78, 5) is 9.42. The van der Waals surface area contributed by atoms with Crippen LogP contribution in [0.4, 0.5) is 5.69 Å². The number of aryl methyl sites for hydroxylation is 1. The first kappa shape index (κ1) is 18.4. The van der Waals surface area contributed by atoms with E-state index >= 15 is 0 Å². The molecule has 1 saturated heterocycles. The Balaban J connectivity index is 1.44. The van der Waals surface area contributed by atoms with Crippen LogP contribution in [0.5, 0.6) is 0 Å². The third-order valence-electron chi connectivity index (χ3n) is 5.70. The minimum Gasteiger partial charge on any atom is -0.378 e. The van der Waals surface area contributed by atoms with E-state index in [4.69, 9.17) is 4.74 Å². The second-order valence-electron chi connectivity index (χ2n) is 7.76. The van der Waals surface area contributed by atoms with Crippen LogP contribution < -0.4 is 10.2 Å². The van der Waals surface area contributed by atoms with E-state index in [2.05, 4.69) is 58.3 Å². The SMILES string of the molecule is Cc1cccnc1CN(C)C[C@H]1Cc2c(cccc2N2CCOCC2)CN1. The van der Waals surface area contributed by atoms with E-state index in [1.54, 1.807) is 0 Å². The number of rotatable bonds is 5. The van der Waals surface area contributed by atoms with Gasteiger partial charge in [0, 0.05) is 50.6 Å². The zero-order chi connectivity index (χ0) is 18.6. The summed E-state index contributed by atoms with van der Waals surface area (Å²) in [6.07, 6.45) is 2.97. The molecule has 27 heavy (non-hydrogen) atoms. The number of benzene rings is 1. The van der Waals surface area contributed by atoms with Crippen LogP contribution in [0.3, 0.4) is 0 Å². The number of aromatic nitrogens is 1. The van der Waals surface area contributed by atoms with Gasteiger partial charge < -0.3 is 15.0 Å². The minimum atomic E-state index is 0.466. The zero-order valence-electron chi connectivity index (χ0n) is 16.4. The highest BCUT2D eigenvalue weighted by molar-refractivity contribution is 5.58. The molecular weight excluding hydrogens is 336 g/mol.